The average molecular weight is 424 g/mol. The number of fused-ring (bicyclic) bond motifs is 1. The molecule has 2 aromatic rings. The third-order valence-electron chi connectivity index (χ3n) is 4.71. The second-order valence-corrected chi connectivity index (χ2v) is 7.16. The van der Waals surface area contributed by atoms with E-state index < -0.39 is 16.8 Å². The molecule has 158 valence electrons. The number of ether oxygens (including phenoxy) is 3. The van der Waals surface area contributed by atoms with Gasteiger partial charge in [0.15, 0.2) is 0 Å². The van der Waals surface area contributed by atoms with Crippen LogP contribution in [0.15, 0.2) is 29.1 Å². The zero-order chi connectivity index (χ0) is 21.6. The predicted octanol–water partition coefficient (Wildman–Crippen LogP) is 2.97. The first-order valence-electron chi connectivity index (χ1n) is 9.49. The minimum Gasteiger partial charge on any atom is -0.495 e. The topological polar surface area (TPSA) is 83.8 Å². The zero-order valence-corrected chi connectivity index (χ0v) is 17.9. The summed E-state index contributed by atoms with van der Waals surface area (Å²) in [5.74, 6) is -1.02. The van der Waals surface area contributed by atoms with Gasteiger partial charge in [0.2, 0.25) is 4.87 Å². The van der Waals surface area contributed by atoms with Gasteiger partial charge < -0.3 is 18.8 Å². The molecule has 29 heavy (non-hydrogen) atoms. The summed E-state index contributed by atoms with van der Waals surface area (Å²) in [7, 11) is 3.23. The number of pyridine rings is 1. The molecular weight excluding hydrogens is 398 g/mol. The highest BCUT2D eigenvalue weighted by molar-refractivity contribution is 6.44. The lowest BCUT2D eigenvalue weighted by Crippen LogP contribution is -2.44. The number of methoxy groups -OCH3 is 1. The number of carbonyl (C=O) groups excluding carboxylic acids is 2. The van der Waals surface area contributed by atoms with E-state index in [1.807, 2.05) is 6.07 Å². The quantitative estimate of drug-likeness (QED) is 0.350. The standard InChI is InChI=1S/C21H26ClNO6/c1-5-28-19(25)21(22,20(26)29-6-2)13-7-8-14-9-11-16(27-4)18-15(14)10-12-17(24)23(18)3/h9-12H,5-8,13H2,1-4H3. The summed E-state index contributed by atoms with van der Waals surface area (Å²) >= 11 is 6.36. The van der Waals surface area contributed by atoms with Crippen molar-refractivity contribution in [3.63, 3.8) is 0 Å². The lowest BCUT2D eigenvalue weighted by atomic mass is 9.96. The van der Waals surface area contributed by atoms with E-state index in [0.717, 1.165) is 10.9 Å². The number of carbonyl (C=O) groups is 2. The highest BCUT2D eigenvalue weighted by atomic mass is 35.5. The molecule has 1 heterocycles. The summed E-state index contributed by atoms with van der Waals surface area (Å²) in [5.41, 5.74) is 1.49. The van der Waals surface area contributed by atoms with E-state index in [-0.39, 0.29) is 25.2 Å². The summed E-state index contributed by atoms with van der Waals surface area (Å²) < 4.78 is 16.9. The van der Waals surface area contributed by atoms with Gasteiger partial charge in [-0.2, -0.15) is 0 Å². The van der Waals surface area contributed by atoms with Crippen LogP contribution in [0, 0.1) is 0 Å². The number of nitrogens with zero attached hydrogens (tertiary/aromatic N) is 1. The maximum atomic E-state index is 12.3. The second-order valence-electron chi connectivity index (χ2n) is 6.52. The maximum absolute atomic E-state index is 12.3. The number of aromatic nitrogens is 1. The molecule has 7 nitrogen and oxygen atoms in total. The molecule has 0 bridgehead atoms. The van der Waals surface area contributed by atoms with Crippen LogP contribution in [0.3, 0.4) is 0 Å². The summed E-state index contributed by atoms with van der Waals surface area (Å²) in [4.78, 5) is 34.7. The van der Waals surface area contributed by atoms with Gasteiger partial charge in [0.25, 0.3) is 5.56 Å². The largest absolute Gasteiger partial charge is 0.495 e. The van der Waals surface area contributed by atoms with E-state index in [1.165, 1.54) is 10.6 Å². The fourth-order valence-corrected chi connectivity index (χ4v) is 3.46. The molecule has 0 fully saturated rings. The van der Waals surface area contributed by atoms with Gasteiger partial charge in [-0.15, -0.1) is 0 Å². The number of hydrogen-bond acceptors (Lipinski definition) is 6. The Bertz CT molecular complexity index is 934. The monoisotopic (exact) mass is 423 g/mol. The van der Waals surface area contributed by atoms with Gasteiger partial charge in [-0.1, -0.05) is 17.7 Å². The minimum absolute atomic E-state index is 0.0610. The maximum Gasteiger partial charge on any atom is 0.338 e. The first-order chi connectivity index (χ1) is 13.8. The lowest BCUT2D eigenvalue weighted by Gasteiger charge is -2.22. The number of benzene rings is 1. The van der Waals surface area contributed by atoms with Crippen LogP contribution in [-0.4, -0.2) is 41.7 Å². The van der Waals surface area contributed by atoms with E-state index >= 15 is 0 Å². The van der Waals surface area contributed by atoms with E-state index in [0.29, 0.717) is 24.1 Å². The van der Waals surface area contributed by atoms with Crippen LogP contribution >= 0.6 is 11.6 Å². The summed E-state index contributed by atoms with van der Waals surface area (Å²) in [6.45, 7) is 3.52. The number of aryl methyl sites for hydroxylation is 2. The molecule has 0 aliphatic carbocycles. The molecule has 0 radical (unpaired) electrons. The van der Waals surface area contributed by atoms with Gasteiger partial charge in [0, 0.05) is 18.5 Å². The number of halogens is 1. The molecule has 0 saturated carbocycles. The molecule has 1 aromatic carbocycles. The normalized spacial score (nSPS) is 11.3. The first kappa shape index (κ1) is 22.7. The summed E-state index contributed by atoms with van der Waals surface area (Å²) in [6.07, 6.45) is 1.03. The Morgan fingerprint density at radius 3 is 2.24 bits per heavy atom. The summed E-state index contributed by atoms with van der Waals surface area (Å²) in [5, 5.41) is 0.860. The van der Waals surface area contributed by atoms with Crippen molar-refractivity contribution in [2.45, 2.75) is 38.0 Å². The second kappa shape index (κ2) is 9.78. The molecule has 0 saturated heterocycles. The van der Waals surface area contributed by atoms with Crippen LogP contribution in [0.5, 0.6) is 5.75 Å². The van der Waals surface area contributed by atoms with E-state index in [4.69, 9.17) is 25.8 Å². The van der Waals surface area contributed by atoms with Gasteiger partial charge in [-0.25, -0.2) is 9.59 Å². The van der Waals surface area contributed by atoms with Crippen molar-refractivity contribution in [3.05, 3.63) is 40.2 Å². The zero-order valence-electron chi connectivity index (χ0n) is 17.1. The van der Waals surface area contributed by atoms with Crippen molar-refractivity contribution >= 4 is 34.4 Å². The molecule has 0 spiro atoms. The van der Waals surface area contributed by atoms with Gasteiger partial charge in [0.1, 0.15) is 5.75 Å². The third kappa shape index (κ3) is 4.72. The van der Waals surface area contributed by atoms with Gasteiger partial charge in [0.05, 0.1) is 25.8 Å². The van der Waals surface area contributed by atoms with E-state index in [1.54, 1.807) is 40.1 Å². The van der Waals surface area contributed by atoms with Crippen molar-refractivity contribution in [2.75, 3.05) is 20.3 Å². The number of hydrogen-bond donors (Lipinski definition) is 0. The van der Waals surface area contributed by atoms with Crippen molar-refractivity contribution in [3.8, 4) is 5.75 Å². The highest BCUT2D eigenvalue weighted by Gasteiger charge is 2.46. The molecule has 8 heteroatoms. The van der Waals surface area contributed by atoms with Crippen LogP contribution < -0.4 is 10.3 Å². The number of esters is 2. The molecule has 0 aliphatic rings. The molecule has 1 aromatic heterocycles. The molecular formula is C21H26ClNO6. The minimum atomic E-state index is -1.87. The fraction of sp³-hybridized carbons (Fsp3) is 0.476. The lowest BCUT2D eigenvalue weighted by molar-refractivity contribution is -0.159. The van der Waals surface area contributed by atoms with Crippen LogP contribution in [0.1, 0.15) is 32.3 Å². The van der Waals surface area contributed by atoms with Crippen molar-refractivity contribution in [1.82, 2.24) is 4.57 Å². The summed E-state index contributed by atoms with van der Waals surface area (Å²) in [6, 6.07) is 6.94. The molecule has 0 amide bonds. The van der Waals surface area contributed by atoms with Crippen LogP contribution in [0.4, 0.5) is 0 Å². The average Bonchev–Trinajstić information content (AvgIpc) is 2.70. The highest BCUT2D eigenvalue weighted by Crippen LogP contribution is 2.30. The van der Waals surface area contributed by atoms with Gasteiger partial charge in [-0.3, -0.25) is 4.79 Å². The van der Waals surface area contributed by atoms with Crippen LogP contribution in [0.25, 0.3) is 10.9 Å². The molecule has 0 N–H and O–H groups in total. The van der Waals surface area contributed by atoms with Crippen molar-refractivity contribution < 1.29 is 23.8 Å². The van der Waals surface area contributed by atoms with Gasteiger partial charge >= 0.3 is 11.9 Å². The molecule has 0 unspecified atom stereocenters. The van der Waals surface area contributed by atoms with Crippen LogP contribution in [0.2, 0.25) is 0 Å². The van der Waals surface area contributed by atoms with Crippen LogP contribution in [-0.2, 0) is 32.5 Å². The van der Waals surface area contributed by atoms with E-state index in [2.05, 4.69) is 0 Å². The smallest absolute Gasteiger partial charge is 0.338 e. The van der Waals surface area contributed by atoms with E-state index in [9.17, 15) is 14.4 Å². The van der Waals surface area contributed by atoms with Gasteiger partial charge in [-0.05, 0) is 50.8 Å². The van der Waals surface area contributed by atoms with Crippen molar-refractivity contribution in [2.24, 2.45) is 7.05 Å². The SMILES string of the molecule is CCOC(=O)C(Cl)(CCCc1ccc(OC)c2c1ccc(=O)n2C)C(=O)OCC. The Labute approximate surface area is 174 Å². The molecule has 2 rings (SSSR count). The molecule has 0 aliphatic heterocycles. The Hall–Kier alpha value is -2.54. The third-order valence-corrected chi connectivity index (χ3v) is 5.21. The Balaban J connectivity index is 2.29. The van der Waals surface area contributed by atoms with Crippen molar-refractivity contribution in [1.29, 1.82) is 0 Å². The number of rotatable bonds is 9. The Morgan fingerprint density at radius 2 is 1.69 bits per heavy atom. The predicted molar refractivity (Wildman–Crippen MR) is 111 cm³/mol. The number of alkyl halides is 1. The fourth-order valence-electron chi connectivity index (χ4n) is 3.22. The molecule has 0 atom stereocenters. The Kier molecular flexibility index (Phi) is 7.67. The Morgan fingerprint density at radius 1 is 1.07 bits per heavy atom. The first-order valence-corrected chi connectivity index (χ1v) is 9.86.